The fourth-order valence-corrected chi connectivity index (χ4v) is 3.59. The molecule has 0 fully saturated rings. The van der Waals surface area contributed by atoms with E-state index in [1.165, 1.54) is 11.8 Å². The van der Waals surface area contributed by atoms with Crippen LogP contribution in [0.4, 0.5) is 5.69 Å². The number of anilines is 1. The van der Waals surface area contributed by atoms with Crippen LogP contribution in [-0.2, 0) is 9.59 Å². The quantitative estimate of drug-likeness (QED) is 0.859. The second-order valence-electron chi connectivity index (χ2n) is 5.34. The number of benzene rings is 2. The Bertz CT molecular complexity index is 718. The zero-order valence-electron chi connectivity index (χ0n) is 12.9. The van der Waals surface area contributed by atoms with Crippen molar-refractivity contribution in [2.75, 3.05) is 17.2 Å². The maximum Gasteiger partial charge on any atom is 0.254 e. The molecule has 3 rings (SSSR count). The van der Waals surface area contributed by atoms with E-state index in [0.717, 1.165) is 17.0 Å². The summed E-state index contributed by atoms with van der Waals surface area (Å²) in [7, 11) is 0. The lowest BCUT2D eigenvalue weighted by Crippen LogP contribution is -2.37. The van der Waals surface area contributed by atoms with Crippen LogP contribution >= 0.6 is 11.8 Å². The van der Waals surface area contributed by atoms with E-state index in [0.29, 0.717) is 6.54 Å². The highest BCUT2D eigenvalue weighted by Crippen LogP contribution is 2.35. The molecule has 4 nitrogen and oxygen atoms in total. The number of nitrogens with one attached hydrogen (secondary N) is 1. The molecular weight excluding hydrogens is 308 g/mol. The summed E-state index contributed by atoms with van der Waals surface area (Å²) in [5.74, 6) is 0.547. The lowest BCUT2D eigenvalue weighted by Gasteiger charge is -2.17. The molecular formula is C18H18N2O2S. The van der Waals surface area contributed by atoms with Crippen LogP contribution in [-0.4, -0.2) is 24.1 Å². The fourth-order valence-electron chi connectivity index (χ4n) is 2.73. The van der Waals surface area contributed by atoms with Crippen molar-refractivity contribution in [3.63, 3.8) is 0 Å². The van der Waals surface area contributed by atoms with Gasteiger partial charge in [0.1, 0.15) is 6.04 Å². The normalized spacial score (nSPS) is 16.3. The van der Waals surface area contributed by atoms with Crippen molar-refractivity contribution >= 4 is 29.3 Å². The Morgan fingerprint density at radius 1 is 1.13 bits per heavy atom. The van der Waals surface area contributed by atoms with Gasteiger partial charge in [0.15, 0.2) is 0 Å². The predicted molar refractivity (Wildman–Crippen MR) is 92.5 cm³/mol. The van der Waals surface area contributed by atoms with Gasteiger partial charge in [-0.1, -0.05) is 36.4 Å². The van der Waals surface area contributed by atoms with Crippen LogP contribution in [0.1, 0.15) is 18.5 Å². The van der Waals surface area contributed by atoms with Gasteiger partial charge in [0.25, 0.3) is 5.91 Å². The van der Waals surface area contributed by atoms with Gasteiger partial charge in [-0.25, -0.2) is 0 Å². The minimum Gasteiger partial charge on any atom is -0.341 e. The first-order valence-corrected chi connectivity index (χ1v) is 8.50. The molecule has 5 heteroatoms. The Kier molecular flexibility index (Phi) is 4.67. The second kappa shape index (κ2) is 6.87. The average molecular weight is 326 g/mol. The number of para-hydroxylation sites is 1. The van der Waals surface area contributed by atoms with Gasteiger partial charge in [0.2, 0.25) is 5.91 Å². The number of nitrogens with zero attached hydrogens (tertiary/aromatic N) is 1. The zero-order valence-corrected chi connectivity index (χ0v) is 13.7. The summed E-state index contributed by atoms with van der Waals surface area (Å²) >= 11 is 1.72. The molecule has 118 valence electrons. The molecule has 0 spiro atoms. The molecule has 1 aliphatic heterocycles. The maximum absolute atomic E-state index is 12.6. The molecule has 1 unspecified atom stereocenters. The minimum absolute atomic E-state index is 0.0601. The molecule has 2 aromatic carbocycles. The second-order valence-corrected chi connectivity index (χ2v) is 6.51. The van der Waals surface area contributed by atoms with Crippen LogP contribution in [0.3, 0.4) is 0 Å². The van der Waals surface area contributed by atoms with Gasteiger partial charge < -0.3 is 10.2 Å². The van der Waals surface area contributed by atoms with Gasteiger partial charge in [0, 0.05) is 35.4 Å². The van der Waals surface area contributed by atoms with Crippen LogP contribution < -0.4 is 10.2 Å². The molecule has 2 amide bonds. The predicted octanol–water partition coefficient (Wildman–Crippen LogP) is 3.00. The van der Waals surface area contributed by atoms with Crippen LogP contribution in [0, 0.1) is 0 Å². The Labute approximate surface area is 139 Å². The van der Waals surface area contributed by atoms with Gasteiger partial charge >= 0.3 is 0 Å². The summed E-state index contributed by atoms with van der Waals surface area (Å²) in [6.45, 7) is 2.05. The number of hydrogen-bond acceptors (Lipinski definition) is 3. The van der Waals surface area contributed by atoms with E-state index in [2.05, 4.69) is 17.4 Å². The van der Waals surface area contributed by atoms with Gasteiger partial charge in [-0.2, -0.15) is 0 Å². The first-order chi connectivity index (χ1) is 11.2. The summed E-state index contributed by atoms with van der Waals surface area (Å²) in [6.07, 6.45) is 0. The van der Waals surface area contributed by atoms with E-state index < -0.39 is 6.04 Å². The Morgan fingerprint density at radius 3 is 2.57 bits per heavy atom. The monoisotopic (exact) mass is 326 g/mol. The summed E-state index contributed by atoms with van der Waals surface area (Å²) < 4.78 is 0. The number of rotatable bonds is 5. The largest absolute Gasteiger partial charge is 0.341 e. The summed E-state index contributed by atoms with van der Waals surface area (Å²) in [5, 5.41) is 2.75. The third kappa shape index (κ3) is 3.40. The maximum atomic E-state index is 12.6. The van der Waals surface area contributed by atoms with Gasteiger partial charge in [0.05, 0.1) is 0 Å². The van der Waals surface area contributed by atoms with Crippen molar-refractivity contribution in [1.29, 1.82) is 0 Å². The van der Waals surface area contributed by atoms with Gasteiger partial charge in [-0.3, -0.25) is 9.59 Å². The molecule has 0 aliphatic carbocycles. The van der Waals surface area contributed by atoms with Crippen molar-refractivity contribution < 1.29 is 9.59 Å². The molecule has 0 saturated heterocycles. The lowest BCUT2D eigenvalue weighted by atomic mass is 10.1. The van der Waals surface area contributed by atoms with E-state index in [-0.39, 0.29) is 11.8 Å². The molecule has 1 N–H and O–H groups in total. The van der Waals surface area contributed by atoms with E-state index in [1.807, 2.05) is 42.5 Å². The molecule has 0 bridgehead atoms. The highest BCUT2D eigenvalue weighted by atomic mass is 32.2. The van der Waals surface area contributed by atoms with Crippen LogP contribution in [0.2, 0.25) is 0 Å². The Balaban J connectivity index is 1.72. The first-order valence-electron chi connectivity index (χ1n) is 7.52. The van der Waals surface area contributed by atoms with E-state index >= 15 is 0 Å². The number of amides is 2. The first kappa shape index (κ1) is 15.6. The number of thioether (sulfide) groups is 1. The summed E-state index contributed by atoms with van der Waals surface area (Å²) in [4.78, 5) is 27.0. The molecule has 2 aromatic rings. The SMILES string of the molecule is CC(=O)NC1C(=O)N(CCSc2ccccc2)c2ccccc21. The third-order valence-electron chi connectivity index (χ3n) is 3.73. The van der Waals surface area contributed by atoms with E-state index in [4.69, 9.17) is 0 Å². The average Bonchev–Trinajstić information content (AvgIpc) is 2.81. The molecule has 0 radical (unpaired) electrons. The van der Waals surface area contributed by atoms with Crippen molar-refractivity contribution in [3.8, 4) is 0 Å². The van der Waals surface area contributed by atoms with Crippen molar-refractivity contribution in [3.05, 3.63) is 60.2 Å². The molecule has 0 aromatic heterocycles. The van der Waals surface area contributed by atoms with Crippen molar-refractivity contribution in [1.82, 2.24) is 5.32 Å². The lowest BCUT2D eigenvalue weighted by molar-refractivity contribution is -0.126. The van der Waals surface area contributed by atoms with Crippen molar-refractivity contribution in [2.45, 2.75) is 17.9 Å². The standard InChI is InChI=1S/C18H18N2O2S/c1-13(21)19-17-15-9-5-6-10-16(15)20(18(17)22)11-12-23-14-7-3-2-4-8-14/h2-10,17H,11-12H2,1H3,(H,19,21). The van der Waals surface area contributed by atoms with Crippen LogP contribution in [0.25, 0.3) is 0 Å². The molecule has 23 heavy (non-hydrogen) atoms. The smallest absolute Gasteiger partial charge is 0.254 e. The van der Waals surface area contributed by atoms with E-state index in [1.54, 1.807) is 16.7 Å². The van der Waals surface area contributed by atoms with Crippen LogP contribution in [0.15, 0.2) is 59.5 Å². The summed E-state index contributed by atoms with van der Waals surface area (Å²) in [5.41, 5.74) is 1.77. The van der Waals surface area contributed by atoms with Gasteiger partial charge in [-0.15, -0.1) is 11.8 Å². The van der Waals surface area contributed by atoms with E-state index in [9.17, 15) is 9.59 Å². The minimum atomic E-state index is -0.564. The Morgan fingerprint density at radius 2 is 1.83 bits per heavy atom. The third-order valence-corrected chi connectivity index (χ3v) is 4.72. The number of carbonyl (C=O) groups excluding carboxylic acids is 2. The molecule has 0 saturated carbocycles. The van der Waals surface area contributed by atoms with Gasteiger partial charge in [-0.05, 0) is 18.2 Å². The topological polar surface area (TPSA) is 49.4 Å². The highest BCUT2D eigenvalue weighted by molar-refractivity contribution is 7.99. The highest BCUT2D eigenvalue weighted by Gasteiger charge is 2.37. The molecule has 1 heterocycles. The number of carbonyl (C=O) groups is 2. The fraction of sp³-hybridized carbons (Fsp3) is 0.222. The number of hydrogen-bond donors (Lipinski definition) is 1. The summed E-state index contributed by atoms with van der Waals surface area (Å²) in [6, 6.07) is 17.2. The van der Waals surface area contributed by atoms with Crippen LogP contribution in [0.5, 0.6) is 0 Å². The molecule has 1 aliphatic rings. The Hall–Kier alpha value is -2.27. The zero-order chi connectivity index (χ0) is 16.2. The van der Waals surface area contributed by atoms with Crippen molar-refractivity contribution in [2.24, 2.45) is 0 Å². The molecule has 1 atom stereocenters. The number of fused-ring (bicyclic) bond motifs is 1.